The number of pyridine rings is 1. The van der Waals surface area contributed by atoms with Gasteiger partial charge in [0.15, 0.2) is 0 Å². The number of carboxylic acid groups (broad SMARTS) is 1. The minimum atomic E-state index is -0.793. The van der Waals surface area contributed by atoms with Crippen molar-refractivity contribution >= 4 is 16.9 Å². The Hall–Kier alpha value is -2.86. The second-order valence-corrected chi connectivity index (χ2v) is 7.13. The zero-order valence-electron chi connectivity index (χ0n) is 15.2. The molecule has 1 aliphatic heterocycles. The Morgan fingerprint density at radius 2 is 1.82 bits per heavy atom. The summed E-state index contributed by atoms with van der Waals surface area (Å²) in [4.78, 5) is 17.8. The van der Waals surface area contributed by atoms with E-state index in [0.717, 1.165) is 22.5 Å². The molecule has 0 aliphatic carbocycles. The van der Waals surface area contributed by atoms with Gasteiger partial charge in [0, 0.05) is 23.2 Å². The van der Waals surface area contributed by atoms with E-state index in [1.165, 1.54) is 12.1 Å². The minimum Gasteiger partial charge on any atom is -0.481 e. The molecule has 144 valence electrons. The molecule has 1 atom stereocenters. The summed E-state index contributed by atoms with van der Waals surface area (Å²) in [6, 6.07) is 12.7. The summed E-state index contributed by atoms with van der Waals surface area (Å²) >= 11 is 0. The van der Waals surface area contributed by atoms with Crippen LogP contribution in [0.1, 0.15) is 30.0 Å². The van der Waals surface area contributed by atoms with Crippen LogP contribution in [-0.2, 0) is 4.79 Å². The van der Waals surface area contributed by atoms with Crippen LogP contribution in [0, 0.1) is 17.6 Å². The lowest BCUT2D eigenvalue weighted by atomic mass is 9.90. The van der Waals surface area contributed by atoms with E-state index in [9.17, 15) is 18.7 Å². The predicted molar refractivity (Wildman–Crippen MR) is 102 cm³/mol. The van der Waals surface area contributed by atoms with E-state index in [2.05, 4.69) is 9.88 Å². The van der Waals surface area contributed by atoms with Crippen molar-refractivity contribution in [3.8, 4) is 0 Å². The molecule has 0 saturated carbocycles. The number of aromatic nitrogens is 1. The van der Waals surface area contributed by atoms with Gasteiger partial charge in [-0.25, -0.2) is 8.78 Å². The van der Waals surface area contributed by atoms with E-state index in [-0.39, 0.29) is 5.92 Å². The largest absolute Gasteiger partial charge is 0.481 e. The van der Waals surface area contributed by atoms with E-state index < -0.39 is 23.6 Å². The number of hydrogen-bond donors (Lipinski definition) is 1. The first-order chi connectivity index (χ1) is 13.5. The molecule has 1 aliphatic rings. The molecule has 2 heterocycles. The minimum absolute atomic E-state index is 0.381. The number of likely N-dealkylation sites (tertiary alicyclic amines) is 1. The second-order valence-electron chi connectivity index (χ2n) is 7.13. The van der Waals surface area contributed by atoms with E-state index in [0.29, 0.717) is 31.5 Å². The van der Waals surface area contributed by atoms with Crippen LogP contribution in [0.25, 0.3) is 10.9 Å². The zero-order valence-corrected chi connectivity index (χ0v) is 15.2. The maximum Gasteiger partial charge on any atom is 0.306 e. The molecular formula is C22H20F2N2O2. The fourth-order valence-corrected chi connectivity index (χ4v) is 4.05. The molecule has 0 radical (unpaired) electrons. The number of rotatable bonds is 4. The third-order valence-corrected chi connectivity index (χ3v) is 5.48. The number of carbonyl (C=O) groups is 1. The first-order valence-corrected chi connectivity index (χ1v) is 9.30. The summed E-state index contributed by atoms with van der Waals surface area (Å²) < 4.78 is 28.3. The number of para-hydroxylation sites is 1. The fourth-order valence-electron chi connectivity index (χ4n) is 4.05. The van der Waals surface area contributed by atoms with Crippen LogP contribution >= 0.6 is 0 Å². The van der Waals surface area contributed by atoms with Gasteiger partial charge in [0.25, 0.3) is 0 Å². The lowest BCUT2D eigenvalue weighted by Crippen LogP contribution is -2.39. The van der Waals surface area contributed by atoms with Crippen LogP contribution in [-0.4, -0.2) is 34.0 Å². The number of piperidine rings is 1. The number of aliphatic carboxylic acids is 1. The standard InChI is InChI=1S/C22H20F2N2O2/c23-15-5-6-18(19(24)13-15)21(26-11-8-14(9-12-26)22(27)28)17-7-10-25-20-4-2-1-3-16(17)20/h1-7,10,13-14,21H,8-9,11-12H2,(H,27,28). The van der Waals surface area contributed by atoms with Gasteiger partial charge >= 0.3 is 5.97 Å². The molecule has 2 aromatic carbocycles. The highest BCUT2D eigenvalue weighted by molar-refractivity contribution is 5.82. The summed E-state index contributed by atoms with van der Waals surface area (Å²) in [7, 11) is 0. The monoisotopic (exact) mass is 382 g/mol. The number of benzene rings is 2. The highest BCUT2D eigenvalue weighted by Gasteiger charge is 2.32. The van der Waals surface area contributed by atoms with Crippen molar-refractivity contribution in [2.45, 2.75) is 18.9 Å². The fraction of sp³-hybridized carbons (Fsp3) is 0.273. The molecule has 4 rings (SSSR count). The zero-order chi connectivity index (χ0) is 19.7. The molecule has 1 N–H and O–H groups in total. The van der Waals surface area contributed by atoms with E-state index in [1.807, 2.05) is 30.3 Å². The predicted octanol–water partition coefficient (Wildman–Crippen LogP) is 4.40. The van der Waals surface area contributed by atoms with Crippen molar-refractivity contribution < 1.29 is 18.7 Å². The van der Waals surface area contributed by atoms with Gasteiger partial charge in [-0.3, -0.25) is 14.7 Å². The molecule has 4 nitrogen and oxygen atoms in total. The molecule has 1 unspecified atom stereocenters. The Balaban J connectivity index is 1.81. The molecule has 0 bridgehead atoms. The Morgan fingerprint density at radius 3 is 2.54 bits per heavy atom. The van der Waals surface area contributed by atoms with Crippen LogP contribution in [0.4, 0.5) is 8.78 Å². The number of fused-ring (bicyclic) bond motifs is 1. The first kappa shape index (κ1) is 18.5. The van der Waals surface area contributed by atoms with Crippen molar-refractivity contribution in [3.63, 3.8) is 0 Å². The smallest absolute Gasteiger partial charge is 0.306 e. The molecule has 0 spiro atoms. The molecule has 1 fully saturated rings. The maximum atomic E-state index is 14.8. The molecule has 3 aromatic rings. The van der Waals surface area contributed by atoms with Crippen LogP contribution in [0.5, 0.6) is 0 Å². The summed E-state index contributed by atoms with van der Waals surface area (Å²) in [5, 5.41) is 10.2. The van der Waals surface area contributed by atoms with Gasteiger partial charge in [0.05, 0.1) is 17.5 Å². The summed E-state index contributed by atoms with van der Waals surface area (Å²) in [5.41, 5.74) is 2.06. The topological polar surface area (TPSA) is 53.4 Å². The van der Waals surface area contributed by atoms with Gasteiger partial charge in [-0.1, -0.05) is 24.3 Å². The maximum absolute atomic E-state index is 14.8. The van der Waals surface area contributed by atoms with E-state index >= 15 is 0 Å². The average Bonchev–Trinajstić information content (AvgIpc) is 2.70. The van der Waals surface area contributed by atoms with Gasteiger partial charge in [-0.05, 0) is 49.7 Å². The Kier molecular flexibility index (Phi) is 5.05. The van der Waals surface area contributed by atoms with Crippen molar-refractivity contribution in [1.82, 2.24) is 9.88 Å². The Labute approximate surface area is 161 Å². The van der Waals surface area contributed by atoms with Crippen molar-refractivity contribution in [2.24, 2.45) is 5.92 Å². The van der Waals surface area contributed by atoms with Crippen LogP contribution in [0.2, 0.25) is 0 Å². The molecule has 28 heavy (non-hydrogen) atoms. The Bertz CT molecular complexity index is 1010. The number of halogens is 2. The van der Waals surface area contributed by atoms with Crippen LogP contribution in [0.15, 0.2) is 54.7 Å². The highest BCUT2D eigenvalue weighted by Crippen LogP contribution is 2.36. The number of carboxylic acids is 1. The third kappa shape index (κ3) is 3.47. The van der Waals surface area contributed by atoms with Gasteiger partial charge < -0.3 is 5.11 Å². The average molecular weight is 382 g/mol. The van der Waals surface area contributed by atoms with E-state index in [1.54, 1.807) is 6.20 Å². The van der Waals surface area contributed by atoms with Crippen LogP contribution < -0.4 is 0 Å². The second kappa shape index (κ2) is 7.64. The molecule has 0 amide bonds. The Morgan fingerprint density at radius 1 is 1.07 bits per heavy atom. The molecule has 1 saturated heterocycles. The first-order valence-electron chi connectivity index (χ1n) is 9.30. The highest BCUT2D eigenvalue weighted by atomic mass is 19.1. The summed E-state index contributed by atoms with van der Waals surface area (Å²) in [6.45, 7) is 1.05. The quantitative estimate of drug-likeness (QED) is 0.727. The summed E-state index contributed by atoms with van der Waals surface area (Å²) in [5.74, 6) is -2.40. The number of hydrogen-bond acceptors (Lipinski definition) is 3. The van der Waals surface area contributed by atoms with Gasteiger partial charge in [-0.2, -0.15) is 0 Å². The van der Waals surface area contributed by atoms with Crippen molar-refractivity contribution in [3.05, 3.63) is 77.5 Å². The van der Waals surface area contributed by atoms with Gasteiger partial charge in [0.1, 0.15) is 11.6 Å². The number of nitrogens with zero attached hydrogens (tertiary/aromatic N) is 2. The van der Waals surface area contributed by atoms with Crippen LogP contribution in [0.3, 0.4) is 0 Å². The molecular weight excluding hydrogens is 362 g/mol. The van der Waals surface area contributed by atoms with Gasteiger partial charge in [0.2, 0.25) is 0 Å². The SMILES string of the molecule is O=C(O)C1CCN(C(c2ccc(F)cc2F)c2ccnc3ccccc23)CC1. The van der Waals surface area contributed by atoms with Crippen molar-refractivity contribution in [2.75, 3.05) is 13.1 Å². The molecule has 1 aromatic heterocycles. The van der Waals surface area contributed by atoms with Gasteiger partial charge in [-0.15, -0.1) is 0 Å². The summed E-state index contributed by atoms with van der Waals surface area (Å²) in [6.07, 6.45) is 2.69. The lowest BCUT2D eigenvalue weighted by molar-refractivity contribution is -0.143. The van der Waals surface area contributed by atoms with Crippen molar-refractivity contribution in [1.29, 1.82) is 0 Å². The normalized spacial score (nSPS) is 16.9. The lowest BCUT2D eigenvalue weighted by Gasteiger charge is -2.37. The van der Waals surface area contributed by atoms with E-state index in [4.69, 9.17) is 0 Å². The third-order valence-electron chi connectivity index (χ3n) is 5.48. The molecule has 6 heteroatoms.